The van der Waals surface area contributed by atoms with Crippen molar-refractivity contribution in [3.05, 3.63) is 58.7 Å². The maximum absolute atomic E-state index is 13.1. The molecule has 1 aromatic carbocycles. The molecule has 0 saturated carbocycles. The summed E-state index contributed by atoms with van der Waals surface area (Å²) in [6.45, 7) is 8.87. The lowest BCUT2D eigenvalue weighted by Gasteiger charge is -2.21. The topological polar surface area (TPSA) is 85.3 Å². The standard InChI is InChI=1S/C26H33N5O3/c1-6-23-29-24-17(2)13-18(3)27-25(24)31(23)16-19-7-8-21-20(14-19)15-22(28-21)26(32)30(9-11-33-4)10-12-34-5/h7-8,13-15,28H,6,9-12,16H2,1-5H3. The molecule has 0 bridgehead atoms. The van der Waals surface area contributed by atoms with Crippen molar-refractivity contribution in [2.24, 2.45) is 0 Å². The van der Waals surface area contributed by atoms with E-state index >= 15 is 0 Å². The van der Waals surface area contributed by atoms with Gasteiger partial charge in [-0.2, -0.15) is 0 Å². The lowest BCUT2D eigenvalue weighted by Crippen LogP contribution is -2.36. The minimum Gasteiger partial charge on any atom is -0.383 e. The second-order valence-electron chi connectivity index (χ2n) is 8.60. The van der Waals surface area contributed by atoms with Crippen LogP contribution >= 0.6 is 0 Å². The molecule has 0 spiro atoms. The first kappa shape index (κ1) is 23.9. The summed E-state index contributed by atoms with van der Waals surface area (Å²) in [5.41, 5.74) is 6.65. The first-order valence-electron chi connectivity index (χ1n) is 11.7. The molecule has 0 atom stereocenters. The first-order valence-corrected chi connectivity index (χ1v) is 11.7. The number of hydrogen-bond acceptors (Lipinski definition) is 5. The van der Waals surface area contributed by atoms with Crippen LogP contribution in [0.3, 0.4) is 0 Å². The summed E-state index contributed by atoms with van der Waals surface area (Å²) in [6, 6.07) is 10.3. The second kappa shape index (κ2) is 10.4. The largest absolute Gasteiger partial charge is 0.383 e. The molecule has 34 heavy (non-hydrogen) atoms. The zero-order chi connectivity index (χ0) is 24.2. The van der Waals surface area contributed by atoms with E-state index in [0.717, 1.165) is 51.1 Å². The summed E-state index contributed by atoms with van der Waals surface area (Å²) in [6.07, 6.45) is 0.832. The number of imidazole rings is 1. The van der Waals surface area contributed by atoms with E-state index in [1.54, 1.807) is 19.1 Å². The predicted octanol–water partition coefficient (Wildman–Crippen LogP) is 3.88. The highest BCUT2D eigenvalue weighted by molar-refractivity contribution is 5.98. The minimum absolute atomic E-state index is 0.0594. The molecule has 4 aromatic rings. The van der Waals surface area contributed by atoms with E-state index in [2.05, 4.69) is 41.6 Å². The molecule has 0 radical (unpaired) electrons. The van der Waals surface area contributed by atoms with Gasteiger partial charge in [0.15, 0.2) is 5.65 Å². The number of methoxy groups -OCH3 is 2. The van der Waals surface area contributed by atoms with Gasteiger partial charge in [0.1, 0.15) is 17.0 Å². The molecule has 8 nitrogen and oxygen atoms in total. The molecule has 3 heterocycles. The Kier molecular flexibility index (Phi) is 7.29. The fourth-order valence-electron chi connectivity index (χ4n) is 4.35. The number of H-pyrrole nitrogens is 1. The lowest BCUT2D eigenvalue weighted by molar-refractivity contribution is 0.0623. The van der Waals surface area contributed by atoms with Gasteiger partial charge in [0.05, 0.1) is 19.8 Å². The molecule has 0 unspecified atom stereocenters. The van der Waals surface area contributed by atoms with Crippen molar-refractivity contribution in [3.63, 3.8) is 0 Å². The van der Waals surface area contributed by atoms with E-state index < -0.39 is 0 Å². The van der Waals surface area contributed by atoms with Gasteiger partial charge in [0, 0.05) is 50.3 Å². The monoisotopic (exact) mass is 463 g/mol. The van der Waals surface area contributed by atoms with Crippen LogP contribution in [0.4, 0.5) is 0 Å². The van der Waals surface area contributed by atoms with Gasteiger partial charge >= 0.3 is 0 Å². The van der Waals surface area contributed by atoms with Gasteiger partial charge in [-0.1, -0.05) is 13.0 Å². The molecule has 8 heteroatoms. The third-order valence-electron chi connectivity index (χ3n) is 6.09. The maximum atomic E-state index is 13.1. The highest BCUT2D eigenvalue weighted by Gasteiger charge is 2.18. The molecule has 0 saturated heterocycles. The van der Waals surface area contributed by atoms with E-state index in [9.17, 15) is 4.79 Å². The zero-order valence-electron chi connectivity index (χ0n) is 20.6. The van der Waals surface area contributed by atoms with Gasteiger partial charge in [-0.05, 0) is 49.2 Å². The Morgan fingerprint density at radius 3 is 2.47 bits per heavy atom. The Labute approximate surface area is 199 Å². The summed E-state index contributed by atoms with van der Waals surface area (Å²) in [5, 5.41) is 1.00. The molecule has 1 N–H and O–H groups in total. The molecular weight excluding hydrogens is 430 g/mol. The van der Waals surface area contributed by atoms with Crippen molar-refractivity contribution in [2.75, 3.05) is 40.5 Å². The third kappa shape index (κ3) is 4.83. The fourth-order valence-corrected chi connectivity index (χ4v) is 4.35. The van der Waals surface area contributed by atoms with Gasteiger partial charge in [-0.3, -0.25) is 4.79 Å². The van der Waals surface area contributed by atoms with Crippen molar-refractivity contribution in [1.82, 2.24) is 24.4 Å². The number of aryl methyl sites for hydroxylation is 3. The van der Waals surface area contributed by atoms with Crippen LogP contribution in [0.2, 0.25) is 0 Å². The molecule has 1 amide bonds. The molecule has 180 valence electrons. The quantitative estimate of drug-likeness (QED) is 0.386. The van der Waals surface area contributed by atoms with E-state index in [0.29, 0.717) is 38.5 Å². The van der Waals surface area contributed by atoms with Gasteiger partial charge in [-0.15, -0.1) is 0 Å². The van der Waals surface area contributed by atoms with E-state index in [1.165, 1.54) is 0 Å². The average Bonchev–Trinajstić information content (AvgIpc) is 3.40. The number of benzene rings is 1. The molecule has 0 aliphatic carbocycles. The summed E-state index contributed by atoms with van der Waals surface area (Å²) in [4.78, 5) is 27.8. The number of fused-ring (bicyclic) bond motifs is 2. The number of amides is 1. The van der Waals surface area contributed by atoms with E-state index in [-0.39, 0.29) is 5.91 Å². The van der Waals surface area contributed by atoms with Crippen LogP contribution in [-0.2, 0) is 22.4 Å². The number of rotatable bonds is 10. The maximum Gasteiger partial charge on any atom is 0.270 e. The third-order valence-corrected chi connectivity index (χ3v) is 6.09. The molecule has 0 aliphatic heterocycles. The van der Waals surface area contributed by atoms with E-state index in [1.807, 2.05) is 19.1 Å². The van der Waals surface area contributed by atoms with Gasteiger partial charge in [0.2, 0.25) is 0 Å². The van der Waals surface area contributed by atoms with Crippen molar-refractivity contribution < 1.29 is 14.3 Å². The number of nitrogens with zero attached hydrogens (tertiary/aromatic N) is 4. The number of aromatic amines is 1. The Hall–Kier alpha value is -3.23. The van der Waals surface area contributed by atoms with Crippen LogP contribution in [0, 0.1) is 13.8 Å². The predicted molar refractivity (Wildman–Crippen MR) is 133 cm³/mol. The van der Waals surface area contributed by atoms with Gasteiger partial charge < -0.3 is 23.9 Å². The van der Waals surface area contributed by atoms with Crippen LogP contribution in [0.25, 0.3) is 22.1 Å². The van der Waals surface area contributed by atoms with Crippen molar-refractivity contribution in [1.29, 1.82) is 0 Å². The number of hydrogen-bond donors (Lipinski definition) is 1. The van der Waals surface area contributed by atoms with Crippen LogP contribution in [0.5, 0.6) is 0 Å². The van der Waals surface area contributed by atoms with Gasteiger partial charge in [0.25, 0.3) is 5.91 Å². The summed E-state index contributed by atoms with van der Waals surface area (Å²) in [7, 11) is 3.27. The van der Waals surface area contributed by atoms with Gasteiger partial charge in [-0.25, -0.2) is 9.97 Å². The van der Waals surface area contributed by atoms with Crippen LogP contribution in [0.15, 0.2) is 30.3 Å². The average molecular weight is 464 g/mol. The Morgan fingerprint density at radius 1 is 1.06 bits per heavy atom. The molecule has 4 rings (SSSR count). The fraction of sp³-hybridized carbons (Fsp3) is 0.423. The summed E-state index contributed by atoms with van der Waals surface area (Å²) in [5.74, 6) is 0.962. The van der Waals surface area contributed by atoms with Crippen LogP contribution in [0.1, 0.15) is 40.1 Å². The Balaban J connectivity index is 1.64. The number of aromatic nitrogens is 4. The smallest absolute Gasteiger partial charge is 0.270 e. The minimum atomic E-state index is -0.0594. The SMILES string of the molecule is CCc1nc2c(C)cc(C)nc2n1Cc1ccc2[nH]c(C(=O)N(CCOC)CCOC)cc2c1. The number of carbonyl (C=O) groups excluding carboxylic acids is 1. The molecule has 3 aromatic heterocycles. The highest BCUT2D eigenvalue weighted by Crippen LogP contribution is 2.23. The number of nitrogens with one attached hydrogen (secondary N) is 1. The summed E-state index contributed by atoms with van der Waals surface area (Å²) < 4.78 is 12.5. The summed E-state index contributed by atoms with van der Waals surface area (Å²) >= 11 is 0. The van der Waals surface area contributed by atoms with Crippen molar-refractivity contribution in [2.45, 2.75) is 33.7 Å². The molecule has 0 fully saturated rings. The second-order valence-corrected chi connectivity index (χ2v) is 8.60. The van der Waals surface area contributed by atoms with Crippen molar-refractivity contribution >= 4 is 28.0 Å². The lowest BCUT2D eigenvalue weighted by atomic mass is 10.1. The molecular formula is C26H33N5O3. The normalized spacial score (nSPS) is 11.6. The van der Waals surface area contributed by atoms with Crippen LogP contribution in [-0.4, -0.2) is 70.8 Å². The molecule has 0 aliphatic rings. The Bertz CT molecular complexity index is 1300. The first-order chi connectivity index (χ1) is 16.4. The zero-order valence-corrected chi connectivity index (χ0v) is 20.6. The number of carbonyl (C=O) groups is 1. The van der Waals surface area contributed by atoms with Crippen LogP contribution < -0.4 is 0 Å². The van der Waals surface area contributed by atoms with Crippen molar-refractivity contribution in [3.8, 4) is 0 Å². The number of ether oxygens (including phenoxy) is 2. The highest BCUT2D eigenvalue weighted by atomic mass is 16.5. The Morgan fingerprint density at radius 2 is 1.79 bits per heavy atom. The van der Waals surface area contributed by atoms with E-state index in [4.69, 9.17) is 19.4 Å². The number of pyridine rings is 1.